The third-order valence-corrected chi connectivity index (χ3v) is 8.28. The molecule has 194 valence electrons. The summed E-state index contributed by atoms with van der Waals surface area (Å²) >= 11 is 1.47. The molecule has 0 atom stereocenters. The Kier molecular flexibility index (Phi) is 6.50. The summed E-state index contributed by atoms with van der Waals surface area (Å²) in [5.74, 6) is -0.109. The average Bonchev–Trinajstić information content (AvgIpc) is 3.54. The lowest BCUT2D eigenvalue weighted by atomic mass is 9.95. The van der Waals surface area contributed by atoms with Crippen LogP contribution in [0.3, 0.4) is 0 Å². The number of carbonyl (C=O) groups is 2. The van der Waals surface area contributed by atoms with Gasteiger partial charge in [-0.15, -0.1) is 0 Å². The molecule has 0 bridgehead atoms. The van der Waals surface area contributed by atoms with Crippen molar-refractivity contribution in [3.8, 4) is 27.5 Å². The van der Waals surface area contributed by atoms with Crippen molar-refractivity contribution in [2.24, 2.45) is 0 Å². The smallest absolute Gasteiger partial charge is 0.253 e. The first-order valence-electron chi connectivity index (χ1n) is 12.9. The van der Waals surface area contributed by atoms with E-state index in [1.807, 2.05) is 59.2 Å². The summed E-state index contributed by atoms with van der Waals surface area (Å²) in [4.78, 5) is 36.8. The molecule has 6 rings (SSSR count). The number of pyridine rings is 1. The van der Waals surface area contributed by atoms with Crippen molar-refractivity contribution >= 4 is 28.3 Å². The Labute approximate surface area is 224 Å². The number of rotatable bonds is 5. The lowest BCUT2D eigenvalue weighted by Gasteiger charge is -2.31. The average molecular weight is 528 g/mol. The summed E-state index contributed by atoms with van der Waals surface area (Å²) in [5, 5.41) is 11.8. The molecule has 1 fully saturated rings. The van der Waals surface area contributed by atoms with E-state index in [2.05, 4.69) is 20.6 Å². The summed E-state index contributed by atoms with van der Waals surface area (Å²) in [5.41, 5.74) is 6.43. The highest BCUT2D eigenvalue weighted by atomic mass is 32.1. The minimum absolute atomic E-state index is 0.0340. The summed E-state index contributed by atoms with van der Waals surface area (Å²) in [6, 6.07) is 11.9. The van der Waals surface area contributed by atoms with Crippen LogP contribution in [0.1, 0.15) is 41.4 Å². The van der Waals surface area contributed by atoms with Crippen LogP contribution in [0.15, 0.2) is 48.8 Å². The number of nitrogens with zero attached hydrogens (tertiary/aromatic N) is 5. The first-order chi connectivity index (χ1) is 18.5. The second-order valence-electron chi connectivity index (χ2n) is 9.75. The molecule has 4 heterocycles. The number of hydrogen-bond acceptors (Lipinski definition) is 7. The molecule has 1 saturated heterocycles. The molecule has 0 radical (unpaired) electrons. The van der Waals surface area contributed by atoms with Crippen molar-refractivity contribution in [1.82, 2.24) is 30.0 Å². The molecule has 10 heteroatoms. The Morgan fingerprint density at radius 1 is 1.13 bits per heavy atom. The summed E-state index contributed by atoms with van der Waals surface area (Å²) in [6.07, 6.45) is 7.07. The Morgan fingerprint density at radius 2 is 1.92 bits per heavy atom. The van der Waals surface area contributed by atoms with Gasteiger partial charge in [0.05, 0.1) is 27.6 Å². The minimum Gasteiger partial charge on any atom is -0.339 e. The zero-order chi connectivity index (χ0) is 26.2. The van der Waals surface area contributed by atoms with Crippen LogP contribution in [-0.2, 0) is 17.6 Å². The predicted molar refractivity (Wildman–Crippen MR) is 148 cm³/mol. The molecule has 2 aliphatic rings. The third kappa shape index (κ3) is 4.50. The first kappa shape index (κ1) is 24.4. The maximum atomic E-state index is 13.2. The Morgan fingerprint density at radius 3 is 2.63 bits per heavy atom. The zero-order valence-electron chi connectivity index (χ0n) is 21.4. The van der Waals surface area contributed by atoms with Crippen molar-refractivity contribution in [1.29, 1.82) is 0 Å². The first-order valence-corrected chi connectivity index (χ1v) is 13.7. The minimum atomic E-state index is -0.143. The second kappa shape index (κ2) is 10.1. The quantitative estimate of drug-likeness (QED) is 0.407. The van der Waals surface area contributed by atoms with E-state index < -0.39 is 0 Å². The van der Waals surface area contributed by atoms with E-state index in [9.17, 15) is 9.59 Å². The van der Waals surface area contributed by atoms with Gasteiger partial charge in [0.25, 0.3) is 5.91 Å². The Balaban J connectivity index is 1.39. The largest absolute Gasteiger partial charge is 0.339 e. The molecule has 0 saturated carbocycles. The van der Waals surface area contributed by atoms with Crippen LogP contribution in [0.2, 0.25) is 0 Å². The lowest BCUT2D eigenvalue weighted by Crippen LogP contribution is -2.43. The van der Waals surface area contributed by atoms with Crippen LogP contribution in [-0.4, -0.2) is 62.6 Å². The Bertz CT molecular complexity index is 1490. The van der Waals surface area contributed by atoms with Gasteiger partial charge in [0.15, 0.2) is 5.13 Å². The van der Waals surface area contributed by atoms with E-state index in [4.69, 9.17) is 5.10 Å². The fourth-order valence-electron chi connectivity index (χ4n) is 5.30. The molecule has 1 aliphatic heterocycles. The van der Waals surface area contributed by atoms with Gasteiger partial charge in [0, 0.05) is 49.1 Å². The number of fused-ring (bicyclic) bond motifs is 3. The molecule has 0 spiro atoms. The van der Waals surface area contributed by atoms with Gasteiger partial charge in [-0.3, -0.25) is 14.6 Å². The van der Waals surface area contributed by atoms with E-state index in [1.165, 1.54) is 18.3 Å². The molecule has 38 heavy (non-hydrogen) atoms. The molecule has 1 aliphatic carbocycles. The molecule has 9 nitrogen and oxygen atoms in total. The van der Waals surface area contributed by atoms with Gasteiger partial charge < -0.3 is 15.5 Å². The van der Waals surface area contributed by atoms with Gasteiger partial charge in [0.2, 0.25) is 5.91 Å². The number of nitrogens with one attached hydrogen (secondary N) is 2. The van der Waals surface area contributed by atoms with Crippen molar-refractivity contribution < 1.29 is 9.59 Å². The number of thiazole rings is 1. The number of benzene rings is 1. The van der Waals surface area contributed by atoms with Gasteiger partial charge >= 0.3 is 0 Å². The fraction of sp³-hybridized carbons (Fsp3) is 0.321. The third-order valence-electron chi connectivity index (χ3n) is 7.26. The van der Waals surface area contributed by atoms with E-state index >= 15 is 0 Å². The van der Waals surface area contributed by atoms with Crippen LogP contribution in [0.4, 0.5) is 5.13 Å². The number of hydrogen-bond donors (Lipinski definition) is 2. The van der Waals surface area contributed by atoms with E-state index in [0.717, 1.165) is 77.5 Å². The number of aromatic nitrogens is 4. The lowest BCUT2D eigenvalue weighted by molar-refractivity contribution is -0.114. The number of piperidine rings is 1. The van der Waals surface area contributed by atoms with Gasteiger partial charge in [-0.1, -0.05) is 11.3 Å². The highest BCUT2D eigenvalue weighted by Gasteiger charge is 2.30. The van der Waals surface area contributed by atoms with Gasteiger partial charge in [-0.25, -0.2) is 9.67 Å². The highest BCUT2D eigenvalue weighted by molar-refractivity contribution is 7.19. The monoisotopic (exact) mass is 527 g/mol. The topological polar surface area (TPSA) is 105 Å². The van der Waals surface area contributed by atoms with Crippen LogP contribution in [0, 0.1) is 0 Å². The summed E-state index contributed by atoms with van der Waals surface area (Å²) in [6.45, 7) is 3.37. The SMILES string of the molecule is CC(=O)Nc1nc2c(s1)-c1c(c(-c3cccnc3)nn1-c1ccc(C(=O)N(C)C3CCNCC3)cc1)CC2. The highest BCUT2D eigenvalue weighted by Crippen LogP contribution is 2.44. The Hall–Kier alpha value is -3.89. The maximum Gasteiger partial charge on any atom is 0.253 e. The van der Waals surface area contributed by atoms with Crippen LogP contribution in [0.25, 0.3) is 27.5 Å². The van der Waals surface area contributed by atoms with E-state index in [1.54, 1.807) is 6.20 Å². The van der Waals surface area contributed by atoms with E-state index in [0.29, 0.717) is 10.7 Å². The zero-order valence-corrected chi connectivity index (χ0v) is 22.2. The van der Waals surface area contributed by atoms with Crippen molar-refractivity contribution in [2.75, 3.05) is 25.5 Å². The van der Waals surface area contributed by atoms with Crippen molar-refractivity contribution in [3.05, 3.63) is 65.6 Å². The summed E-state index contributed by atoms with van der Waals surface area (Å²) in [7, 11) is 1.90. The maximum absolute atomic E-state index is 13.2. The summed E-state index contributed by atoms with van der Waals surface area (Å²) < 4.78 is 1.94. The molecule has 0 unspecified atom stereocenters. The standard InChI is InChI=1S/C28H29N7O2S/c1-17(36)31-28-32-23-10-9-22-24(19-4-3-13-30-16-19)33-35(25(22)26(23)38-28)21-7-5-18(6-8-21)27(37)34(2)20-11-14-29-15-12-20/h3-8,13,16,20,29H,9-12,14-15H2,1-2H3,(H,31,32,36). The molecule has 3 aromatic heterocycles. The number of carbonyl (C=O) groups excluding carboxylic acids is 2. The van der Waals surface area contributed by atoms with Gasteiger partial charge in [-0.05, 0) is 75.2 Å². The molecule has 2 N–H and O–H groups in total. The molecule has 4 aromatic rings. The normalized spacial score (nSPS) is 15.0. The van der Waals surface area contributed by atoms with Crippen LogP contribution in [0.5, 0.6) is 0 Å². The van der Waals surface area contributed by atoms with Crippen LogP contribution >= 0.6 is 11.3 Å². The molecule has 2 amide bonds. The number of anilines is 1. The molecule has 1 aromatic carbocycles. The van der Waals surface area contributed by atoms with Crippen LogP contribution < -0.4 is 10.6 Å². The second-order valence-corrected chi connectivity index (χ2v) is 10.7. The molecular weight excluding hydrogens is 498 g/mol. The number of aryl methyl sites for hydroxylation is 1. The molecular formula is C28H29N7O2S. The van der Waals surface area contributed by atoms with E-state index in [-0.39, 0.29) is 17.9 Å². The van der Waals surface area contributed by atoms with Gasteiger partial charge in [-0.2, -0.15) is 5.10 Å². The van der Waals surface area contributed by atoms with Crippen molar-refractivity contribution in [3.63, 3.8) is 0 Å². The van der Waals surface area contributed by atoms with Gasteiger partial charge in [0.1, 0.15) is 0 Å². The van der Waals surface area contributed by atoms with Crippen molar-refractivity contribution in [2.45, 2.75) is 38.6 Å². The fourth-order valence-corrected chi connectivity index (χ4v) is 6.42. The number of amides is 2. The predicted octanol–water partition coefficient (Wildman–Crippen LogP) is 3.94.